The number of hydrogen-bond donors (Lipinski definition) is 3. The van der Waals surface area contributed by atoms with Crippen LogP contribution >= 0.6 is 35.1 Å². The number of amides is 2. The number of aryl methyl sites for hydroxylation is 1. The van der Waals surface area contributed by atoms with E-state index in [1.807, 2.05) is 0 Å². The number of hydrogen-bond acceptors (Lipinski definition) is 15. The second kappa shape index (κ2) is 10.6. The molecule has 2 aromatic rings. The first-order valence-electron chi connectivity index (χ1n) is 10.0. The van der Waals surface area contributed by atoms with Crippen molar-refractivity contribution in [2.24, 2.45) is 12.2 Å². The first-order chi connectivity index (χ1) is 17.6. The predicted molar refractivity (Wildman–Crippen MR) is 131 cm³/mol. The summed E-state index contributed by atoms with van der Waals surface area (Å²) < 4.78 is 10.3. The van der Waals surface area contributed by atoms with E-state index < -0.39 is 33.9 Å². The number of thioether (sulfide) groups is 2. The number of nitrogens with two attached hydrogens (primary N) is 1. The zero-order chi connectivity index (χ0) is 26.9. The molecule has 0 radical (unpaired) electrons. The molecule has 0 bridgehead atoms. The highest BCUT2D eigenvalue weighted by molar-refractivity contribution is 8.01. The SMILES string of the molecule is CON=CC(=O)N(c1nsc(N)n1)C1S[C@H]2CC(=O)N2C(OC(=O)O)=C1CSc1nc(=O)c(=O)[nH]n1C. The quantitative estimate of drug-likeness (QED) is 0.0880. The molecule has 0 spiro atoms. The first kappa shape index (κ1) is 26.2. The minimum absolute atomic E-state index is 0.0604. The van der Waals surface area contributed by atoms with E-state index in [2.05, 4.69) is 29.4 Å². The number of oxime groups is 1. The molecule has 1 fully saturated rings. The fourth-order valence-corrected chi connectivity index (χ4v) is 6.34. The van der Waals surface area contributed by atoms with E-state index in [4.69, 9.17) is 10.5 Å². The standard InChI is InChI=1S/C17H17N9O8S3/c1-24-16(20-10(29)11(30)22-24)35-5-6-12(34-17(31)32)25-7(27)3-9(25)36-13(6)26(8(28)4-19-33-2)15-21-14(18)37-23-15/h4,9,13H,3,5H2,1-2H3,(H,22,30)(H,31,32)(H2,18,21,23)/t9-,13?/m0/s1. The lowest BCUT2D eigenvalue weighted by atomic mass is 10.1. The summed E-state index contributed by atoms with van der Waals surface area (Å²) in [6.07, 6.45) is -0.762. The summed E-state index contributed by atoms with van der Waals surface area (Å²) in [7, 11) is 2.68. The molecular weight excluding hydrogens is 554 g/mol. The number of aromatic nitrogens is 5. The minimum Gasteiger partial charge on any atom is -0.449 e. The molecular formula is C17H17N9O8S3. The minimum atomic E-state index is -1.69. The molecule has 20 heteroatoms. The van der Waals surface area contributed by atoms with Crippen molar-refractivity contribution in [2.45, 2.75) is 22.3 Å². The number of aromatic amines is 1. The topological polar surface area (TPSA) is 228 Å². The Labute approximate surface area is 218 Å². The van der Waals surface area contributed by atoms with Gasteiger partial charge in [-0.25, -0.2) is 4.79 Å². The van der Waals surface area contributed by atoms with Crippen molar-refractivity contribution in [3.63, 3.8) is 0 Å². The monoisotopic (exact) mass is 571 g/mol. The summed E-state index contributed by atoms with van der Waals surface area (Å²) in [6.45, 7) is 0. The molecule has 2 atom stereocenters. The third-order valence-corrected chi connectivity index (χ3v) is 7.92. The smallest absolute Gasteiger partial charge is 0.449 e. The molecule has 2 amide bonds. The van der Waals surface area contributed by atoms with Gasteiger partial charge < -0.3 is 20.4 Å². The van der Waals surface area contributed by atoms with Gasteiger partial charge in [-0.05, 0) is 0 Å². The summed E-state index contributed by atoms with van der Waals surface area (Å²) in [5, 5.41) is 13.8. The van der Waals surface area contributed by atoms with Gasteiger partial charge in [-0.2, -0.15) is 14.3 Å². The fraction of sp³-hybridized carbons (Fsp3) is 0.353. The van der Waals surface area contributed by atoms with Crippen LogP contribution in [0.15, 0.2) is 31.4 Å². The number of rotatable bonds is 8. The largest absolute Gasteiger partial charge is 0.512 e. The Morgan fingerprint density at radius 2 is 2.14 bits per heavy atom. The highest BCUT2D eigenvalue weighted by atomic mass is 32.2. The second-order valence-corrected chi connectivity index (χ2v) is 10.1. The van der Waals surface area contributed by atoms with Gasteiger partial charge in [0.15, 0.2) is 5.16 Å². The van der Waals surface area contributed by atoms with Gasteiger partial charge in [0, 0.05) is 29.9 Å². The number of nitrogen functional groups attached to an aromatic ring is 1. The summed E-state index contributed by atoms with van der Waals surface area (Å²) in [5.74, 6) is -1.65. The van der Waals surface area contributed by atoms with E-state index in [0.29, 0.717) is 0 Å². The lowest BCUT2D eigenvalue weighted by molar-refractivity contribution is -0.141. The molecule has 2 aliphatic heterocycles. The van der Waals surface area contributed by atoms with Crippen LogP contribution in [-0.4, -0.2) is 81.9 Å². The molecule has 196 valence electrons. The van der Waals surface area contributed by atoms with Gasteiger partial charge in [0.2, 0.25) is 22.9 Å². The van der Waals surface area contributed by atoms with Crippen LogP contribution < -0.4 is 21.8 Å². The summed E-state index contributed by atoms with van der Waals surface area (Å²) >= 11 is 2.90. The molecule has 1 saturated heterocycles. The third kappa shape index (κ3) is 5.29. The lowest BCUT2D eigenvalue weighted by Gasteiger charge is -2.47. The van der Waals surface area contributed by atoms with Gasteiger partial charge in [-0.15, -0.1) is 11.8 Å². The lowest BCUT2D eigenvalue weighted by Crippen LogP contribution is -2.57. The zero-order valence-electron chi connectivity index (χ0n) is 18.9. The number of fused-ring (bicyclic) bond motifs is 1. The number of H-pyrrole nitrogens is 1. The predicted octanol–water partition coefficient (Wildman–Crippen LogP) is -0.803. The van der Waals surface area contributed by atoms with Gasteiger partial charge in [0.05, 0.1) is 11.8 Å². The van der Waals surface area contributed by atoms with Crippen molar-refractivity contribution in [1.29, 1.82) is 0 Å². The van der Waals surface area contributed by atoms with Gasteiger partial charge in [0.25, 0.3) is 5.91 Å². The van der Waals surface area contributed by atoms with Crippen molar-refractivity contribution >= 4 is 70.3 Å². The maximum Gasteiger partial charge on any atom is 0.512 e. The van der Waals surface area contributed by atoms with Crippen molar-refractivity contribution in [3.05, 3.63) is 32.2 Å². The molecule has 0 aliphatic carbocycles. The van der Waals surface area contributed by atoms with Crippen LogP contribution in [0.4, 0.5) is 15.9 Å². The Balaban J connectivity index is 1.83. The molecule has 17 nitrogen and oxygen atoms in total. The number of carbonyl (C=O) groups is 3. The Bertz CT molecular complexity index is 1430. The van der Waals surface area contributed by atoms with Gasteiger partial charge in [-0.1, -0.05) is 16.9 Å². The van der Waals surface area contributed by atoms with Crippen LogP contribution in [0.2, 0.25) is 0 Å². The van der Waals surface area contributed by atoms with Crippen LogP contribution in [0.3, 0.4) is 0 Å². The Morgan fingerprint density at radius 1 is 1.38 bits per heavy atom. The molecule has 37 heavy (non-hydrogen) atoms. The highest BCUT2D eigenvalue weighted by Crippen LogP contribution is 2.47. The highest BCUT2D eigenvalue weighted by Gasteiger charge is 2.51. The fourth-order valence-electron chi connectivity index (χ4n) is 3.31. The van der Waals surface area contributed by atoms with Gasteiger partial charge in [0.1, 0.15) is 18.7 Å². The van der Waals surface area contributed by atoms with Gasteiger partial charge in [-0.3, -0.25) is 38.8 Å². The van der Waals surface area contributed by atoms with Crippen molar-refractivity contribution < 1.29 is 29.1 Å². The maximum absolute atomic E-state index is 13.2. The Kier molecular flexibility index (Phi) is 7.50. The number of nitrogens with zero attached hydrogens (tertiary/aromatic N) is 7. The second-order valence-electron chi connectivity index (χ2n) is 7.16. The Morgan fingerprint density at radius 3 is 2.76 bits per heavy atom. The third-order valence-electron chi connectivity index (χ3n) is 4.86. The summed E-state index contributed by atoms with van der Waals surface area (Å²) in [6, 6.07) is 0. The maximum atomic E-state index is 13.2. The number of carbonyl (C=O) groups excluding carboxylic acids is 2. The van der Waals surface area contributed by atoms with E-state index in [-0.39, 0.29) is 45.8 Å². The van der Waals surface area contributed by atoms with E-state index in [1.165, 1.54) is 23.7 Å². The molecule has 0 saturated carbocycles. The number of β-lactam (4-membered cyclic amide) rings is 1. The number of nitrogens with one attached hydrogen (secondary N) is 1. The van der Waals surface area contributed by atoms with Crippen LogP contribution in [0.1, 0.15) is 6.42 Å². The number of ether oxygens (including phenoxy) is 1. The Hall–Kier alpha value is -3.91. The summed E-state index contributed by atoms with van der Waals surface area (Å²) in [5.41, 5.74) is 3.92. The van der Waals surface area contributed by atoms with Crippen LogP contribution in [0.25, 0.3) is 0 Å². The van der Waals surface area contributed by atoms with Crippen molar-refractivity contribution in [2.75, 3.05) is 23.5 Å². The molecule has 0 aromatic carbocycles. The average Bonchev–Trinajstić information content (AvgIpc) is 3.24. The first-order valence-corrected chi connectivity index (χ1v) is 12.7. The zero-order valence-corrected chi connectivity index (χ0v) is 21.3. The van der Waals surface area contributed by atoms with E-state index in [1.54, 1.807) is 0 Å². The van der Waals surface area contributed by atoms with E-state index >= 15 is 0 Å². The van der Waals surface area contributed by atoms with Crippen molar-refractivity contribution in [3.8, 4) is 0 Å². The number of anilines is 2. The molecule has 4 heterocycles. The molecule has 4 rings (SSSR count). The van der Waals surface area contributed by atoms with E-state index in [0.717, 1.165) is 46.2 Å². The van der Waals surface area contributed by atoms with Crippen LogP contribution in [-0.2, 0) is 26.2 Å². The van der Waals surface area contributed by atoms with Gasteiger partial charge >= 0.3 is 17.3 Å². The normalized spacial score (nSPS) is 19.0. The van der Waals surface area contributed by atoms with Crippen molar-refractivity contribution in [1.82, 2.24) is 29.0 Å². The average molecular weight is 572 g/mol. The summed E-state index contributed by atoms with van der Waals surface area (Å²) in [4.78, 5) is 75.1. The van der Waals surface area contributed by atoms with E-state index in [9.17, 15) is 29.1 Å². The van der Waals surface area contributed by atoms with Crippen LogP contribution in [0.5, 0.6) is 0 Å². The molecule has 2 aliphatic rings. The van der Waals surface area contributed by atoms with Crippen LogP contribution in [0, 0.1) is 0 Å². The number of carboxylic acid groups (broad SMARTS) is 1. The molecule has 2 aromatic heterocycles. The molecule has 1 unspecified atom stereocenters. The molecule has 4 N–H and O–H groups in total.